The number of hydrogen-bond donors (Lipinski definition) is 1. The molecule has 3 heteroatoms. The van der Waals surface area contributed by atoms with Gasteiger partial charge in [0.1, 0.15) is 18.2 Å². The fourth-order valence-corrected chi connectivity index (χ4v) is 1.95. The van der Waals surface area contributed by atoms with Crippen LogP contribution >= 0.6 is 0 Å². The molecule has 0 heterocycles. The lowest BCUT2D eigenvalue weighted by atomic mass is 10.1. The monoisotopic (exact) mass is 245 g/mol. The molecule has 0 atom stereocenters. The van der Waals surface area contributed by atoms with E-state index in [-0.39, 0.29) is 5.82 Å². The first kappa shape index (κ1) is 12.4. The van der Waals surface area contributed by atoms with Crippen LogP contribution in [0, 0.1) is 19.7 Å². The van der Waals surface area contributed by atoms with Gasteiger partial charge in [-0.15, -0.1) is 0 Å². The highest BCUT2D eigenvalue weighted by Crippen LogP contribution is 2.26. The average molecular weight is 245 g/mol. The largest absolute Gasteiger partial charge is 0.488 e. The lowest BCUT2D eigenvalue weighted by Crippen LogP contribution is -2.00. The van der Waals surface area contributed by atoms with Crippen LogP contribution in [0.4, 0.5) is 10.1 Å². The zero-order valence-corrected chi connectivity index (χ0v) is 10.5. The van der Waals surface area contributed by atoms with Gasteiger partial charge in [-0.25, -0.2) is 4.39 Å². The number of hydrogen-bond acceptors (Lipinski definition) is 2. The minimum Gasteiger partial charge on any atom is -0.488 e. The second kappa shape index (κ2) is 5.08. The Hall–Kier alpha value is -2.03. The summed E-state index contributed by atoms with van der Waals surface area (Å²) in [5, 5.41) is 0. The van der Waals surface area contributed by atoms with E-state index < -0.39 is 0 Å². The predicted octanol–water partition coefficient (Wildman–Crippen LogP) is 3.60. The predicted molar refractivity (Wildman–Crippen MR) is 71.1 cm³/mol. The van der Waals surface area contributed by atoms with Crippen molar-refractivity contribution < 1.29 is 9.13 Å². The van der Waals surface area contributed by atoms with Crippen molar-refractivity contribution in [3.63, 3.8) is 0 Å². The molecule has 0 aliphatic rings. The molecule has 0 saturated heterocycles. The summed E-state index contributed by atoms with van der Waals surface area (Å²) in [6.45, 7) is 4.35. The van der Waals surface area contributed by atoms with Crippen molar-refractivity contribution in [2.24, 2.45) is 0 Å². The van der Waals surface area contributed by atoms with Crippen LogP contribution in [0.15, 0.2) is 36.4 Å². The third kappa shape index (κ3) is 2.80. The lowest BCUT2D eigenvalue weighted by Gasteiger charge is -2.13. The van der Waals surface area contributed by atoms with Gasteiger partial charge in [0.15, 0.2) is 0 Å². The third-order valence-corrected chi connectivity index (χ3v) is 2.78. The molecule has 2 rings (SSSR count). The summed E-state index contributed by atoms with van der Waals surface area (Å²) in [4.78, 5) is 0. The molecule has 0 aliphatic heterocycles. The van der Waals surface area contributed by atoms with Crippen molar-refractivity contribution >= 4 is 5.69 Å². The topological polar surface area (TPSA) is 35.2 Å². The normalized spacial score (nSPS) is 10.4. The standard InChI is InChI=1S/C15H16FNO/c1-10-7-14(17)8-11(2)15(10)18-9-12-3-5-13(16)6-4-12/h3-8H,9,17H2,1-2H3. The summed E-state index contributed by atoms with van der Waals surface area (Å²) in [5.41, 5.74) is 9.45. The zero-order valence-electron chi connectivity index (χ0n) is 10.5. The number of anilines is 1. The summed E-state index contributed by atoms with van der Waals surface area (Å²) >= 11 is 0. The Kier molecular flexibility index (Phi) is 3.51. The van der Waals surface area contributed by atoms with Crippen LogP contribution in [0.25, 0.3) is 0 Å². The van der Waals surface area contributed by atoms with Crippen molar-refractivity contribution in [2.75, 3.05) is 5.73 Å². The zero-order chi connectivity index (χ0) is 13.1. The molecule has 0 spiro atoms. The molecule has 0 radical (unpaired) electrons. The first-order valence-corrected chi connectivity index (χ1v) is 5.80. The van der Waals surface area contributed by atoms with E-state index >= 15 is 0 Å². The number of benzene rings is 2. The molecule has 0 unspecified atom stereocenters. The molecule has 2 aromatic rings. The maximum atomic E-state index is 12.8. The van der Waals surface area contributed by atoms with E-state index in [1.807, 2.05) is 26.0 Å². The number of rotatable bonds is 3. The Morgan fingerprint density at radius 1 is 1.06 bits per heavy atom. The summed E-state index contributed by atoms with van der Waals surface area (Å²) in [7, 11) is 0. The molecule has 94 valence electrons. The summed E-state index contributed by atoms with van der Waals surface area (Å²) in [5.74, 6) is 0.604. The number of nitrogens with two attached hydrogens (primary N) is 1. The van der Waals surface area contributed by atoms with Gasteiger partial charge in [-0.1, -0.05) is 12.1 Å². The van der Waals surface area contributed by atoms with Gasteiger partial charge >= 0.3 is 0 Å². The SMILES string of the molecule is Cc1cc(N)cc(C)c1OCc1ccc(F)cc1. The maximum absolute atomic E-state index is 12.8. The second-order valence-electron chi connectivity index (χ2n) is 4.40. The smallest absolute Gasteiger partial charge is 0.125 e. The van der Waals surface area contributed by atoms with Gasteiger partial charge in [0.05, 0.1) is 0 Å². The first-order chi connectivity index (χ1) is 8.56. The van der Waals surface area contributed by atoms with E-state index in [9.17, 15) is 4.39 Å². The highest BCUT2D eigenvalue weighted by Gasteiger charge is 2.05. The Morgan fingerprint density at radius 2 is 1.61 bits per heavy atom. The molecule has 2 nitrogen and oxygen atoms in total. The Labute approximate surface area is 106 Å². The summed E-state index contributed by atoms with van der Waals surface area (Å²) in [6, 6.07) is 10.1. The number of ether oxygens (including phenoxy) is 1. The molecule has 18 heavy (non-hydrogen) atoms. The number of aryl methyl sites for hydroxylation is 2. The van der Waals surface area contributed by atoms with Crippen LogP contribution < -0.4 is 10.5 Å². The van der Waals surface area contributed by atoms with E-state index in [1.165, 1.54) is 12.1 Å². The molecule has 0 saturated carbocycles. The minimum atomic E-state index is -0.237. The van der Waals surface area contributed by atoms with Crippen LogP contribution in [-0.2, 0) is 6.61 Å². The fourth-order valence-electron chi connectivity index (χ4n) is 1.95. The molecule has 0 amide bonds. The number of nitrogen functional groups attached to an aromatic ring is 1. The highest BCUT2D eigenvalue weighted by molar-refractivity contribution is 5.52. The van der Waals surface area contributed by atoms with Crippen molar-refractivity contribution in [1.82, 2.24) is 0 Å². The van der Waals surface area contributed by atoms with Crippen molar-refractivity contribution in [2.45, 2.75) is 20.5 Å². The first-order valence-electron chi connectivity index (χ1n) is 5.80. The molecule has 0 fully saturated rings. The van der Waals surface area contributed by atoms with Crippen LogP contribution in [0.2, 0.25) is 0 Å². The van der Waals surface area contributed by atoms with E-state index in [1.54, 1.807) is 12.1 Å². The van der Waals surface area contributed by atoms with Crippen LogP contribution in [0.5, 0.6) is 5.75 Å². The van der Waals surface area contributed by atoms with Gasteiger partial charge in [-0.05, 0) is 54.8 Å². The Balaban J connectivity index is 2.13. The fraction of sp³-hybridized carbons (Fsp3) is 0.200. The quantitative estimate of drug-likeness (QED) is 0.838. The molecule has 2 aromatic carbocycles. The van der Waals surface area contributed by atoms with Gasteiger partial charge in [0, 0.05) is 5.69 Å². The van der Waals surface area contributed by atoms with Crippen LogP contribution in [0.3, 0.4) is 0 Å². The van der Waals surface area contributed by atoms with Gasteiger partial charge in [0.2, 0.25) is 0 Å². The lowest BCUT2D eigenvalue weighted by molar-refractivity contribution is 0.302. The van der Waals surface area contributed by atoms with Gasteiger partial charge in [-0.2, -0.15) is 0 Å². The van der Waals surface area contributed by atoms with Gasteiger partial charge < -0.3 is 10.5 Å². The molecular weight excluding hydrogens is 229 g/mol. The van der Waals surface area contributed by atoms with E-state index in [0.29, 0.717) is 6.61 Å². The summed E-state index contributed by atoms with van der Waals surface area (Å²) < 4.78 is 18.5. The van der Waals surface area contributed by atoms with E-state index in [2.05, 4.69) is 0 Å². The van der Waals surface area contributed by atoms with Crippen LogP contribution in [-0.4, -0.2) is 0 Å². The Morgan fingerprint density at radius 3 is 2.17 bits per heavy atom. The molecule has 0 aliphatic carbocycles. The molecular formula is C15H16FNO. The third-order valence-electron chi connectivity index (χ3n) is 2.78. The van der Waals surface area contributed by atoms with Gasteiger partial charge in [-0.3, -0.25) is 0 Å². The minimum absolute atomic E-state index is 0.237. The Bertz CT molecular complexity index is 526. The molecule has 0 bridgehead atoms. The highest BCUT2D eigenvalue weighted by atomic mass is 19.1. The van der Waals surface area contributed by atoms with E-state index in [4.69, 9.17) is 10.5 Å². The molecule has 2 N–H and O–H groups in total. The second-order valence-corrected chi connectivity index (χ2v) is 4.40. The van der Waals surface area contributed by atoms with E-state index in [0.717, 1.165) is 28.1 Å². The average Bonchev–Trinajstić information content (AvgIpc) is 2.30. The van der Waals surface area contributed by atoms with Crippen molar-refractivity contribution in [1.29, 1.82) is 0 Å². The molecule has 0 aromatic heterocycles. The van der Waals surface area contributed by atoms with Crippen molar-refractivity contribution in [3.05, 3.63) is 58.9 Å². The van der Waals surface area contributed by atoms with Crippen molar-refractivity contribution in [3.8, 4) is 5.75 Å². The maximum Gasteiger partial charge on any atom is 0.125 e. The van der Waals surface area contributed by atoms with Crippen LogP contribution in [0.1, 0.15) is 16.7 Å². The number of halogens is 1. The summed E-state index contributed by atoms with van der Waals surface area (Å²) in [6.07, 6.45) is 0. The van der Waals surface area contributed by atoms with Gasteiger partial charge in [0.25, 0.3) is 0 Å².